The maximum absolute atomic E-state index is 12.5. The molecule has 134 valence electrons. The third-order valence-corrected chi connectivity index (χ3v) is 7.79. The minimum absolute atomic E-state index is 0.0657. The lowest BCUT2D eigenvalue weighted by atomic mass is 9.93. The number of urea groups is 1. The van der Waals surface area contributed by atoms with Crippen LogP contribution in [0.3, 0.4) is 0 Å². The molecule has 3 rings (SSSR count). The van der Waals surface area contributed by atoms with Gasteiger partial charge in [0.25, 0.3) is 0 Å². The number of hydrogen-bond acceptors (Lipinski definition) is 6. The van der Waals surface area contributed by atoms with Crippen LogP contribution < -0.4 is 5.32 Å². The minimum Gasteiger partial charge on any atom is -0.378 e. The van der Waals surface area contributed by atoms with Crippen molar-refractivity contribution in [1.82, 2.24) is 15.2 Å². The highest BCUT2D eigenvalue weighted by atomic mass is 32.2. The molecule has 1 aromatic rings. The number of carbonyl (C=O) groups is 1. The number of ether oxygens (including phenoxy) is 1. The molecule has 2 atom stereocenters. The number of hydrogen-bond donors (Lipinski definition) is 1. The van der Waals surface area contributed by atoms with E-state index in [9.17, 15) is 13.2 Å². The van der Waals surface area contributed by atoms with E-state index in [4.69, 9.17) is 4.74 Å². The average Bonchev–Trinajstić information content (AvgIpc) is 3.01. The van der Waals surface area contributed by atoms with Crippen LogP contribution in [-0.2, 0) is 27.7 Å². The van der Waals surface area contributed by atoms with Gasteiger partial charge in [-0.1, -0.05) is 12.8 Å². The second-order valence-corrected chi connectivity index (χ2v) is 9.56. The lowest BCUT2D eigenvalue weighted by molar-refractivity contribution is 0.155. The van der Waals surface area contributed by atoms with Crippen LogP contribution in [-0.4, -0.2) is 55.0 Å². The van der Waals surface area contributed by atoms with E-state index in [1.807, 2.05) is 5.38 Å². The van der Waals surface area contributed by atoms with Crippen molar-refractivity contribution in [3.8, 4) is 0 Å². The number of aromatic nitrogens is 1. The lowest BCUT2D eigenvalue weighted by Gasteiger charge is -2.43. The summed E-state index contributed by atoms with van der Waals surface area (Å²) in [6.07, 6.45) is 3.35. The van der Waals surface area contributed by atoms with Gasteiger partial charge in [0.1, 0.15) is 5.01 Å². The number of sulfone groups is 1. The second kappa shape index (κ2) is 7.37. The Morgan fingerprint density at radius 1 is 1.46 bits per heavy atom. The van der Waals surface area contributed by atoms with Crippen LogP contribution in [0.15, 0.2) is 5.38 Å². The van der Waals surface area contributed by atoms with Gasteiger partial charge in [-0.05, 0) is 12.8 Å². The van der Waals surface area contributed by atoms with E-state index in [2.05, 4.69) is 10.3 Å². The predicted molar refractivity (Wildman–Crippen MR) is 91.6 cm³/mol. The van der Waals surface area contributed by atoms with E-state index in [1.165, 1.54) is 11.3 Å². The molecule has 1 saturated heterocycles. The molecule has 0 radical (unpaired) electrons. The summed E-state index contributed by atoms with van der Waals surface area (Å²) < 4.78 is 29.5. The topological polar surface area (TPSA) is 88.6 Å². The fourth-order valence-electron chi connectivity index (χ4n) is 3.54. The van der Waals surface area contributed by atoms with Gasteiger partial charge in [-0.25, -0.2) is 18.2 Å². The van der Waals surface area contributed by atoms with Gasteiger partial charge in [0.2, 0.25) is 0 Å². The molecule has 1 aliphatic carbocycles. The summed E-state index contributed by atoms with van der Waals surface area (Å²) in [6.45, 7) is 1.09. The number of methoxy groups -OCH3 is 1. The van der Waals surface area contributed by atoms with Crippen LogP contribution in [0.1, 0.15) is 36.4 Å². The fourth-order valence-corrected chi connectivity index (χ4v) is 6.34. The Morgan fingerprint density at radius 2 is 2.25 bits per heavy atom. The first-order chi connectivity index (χ1) is 11.5. The highest BCUT2D eigenvalue weighted by Crippen LogP contribution is 2.32. The van der Waals surface area contributed by atoms with Crippen LogP contribution in [0.5, 0.6) is 0 Å². The van der Waals surface area contributed by atoms with E-state index >= 15 is 0 Å². The molecule has 0 aromatic carbocycles. The standard InChI is InChI=1S/C15H23N3O4S2/c1-22-9-14-17-11(10-23-14)8-16-15(19)18-6-7-24(20,21)13-5-3-2-4-12(13)18/h10,12-13H,2-9H2,1H3,(H,16,19). The Morgan fingerprint density at radius 3 is 3.04 bits per heavy atom. The summed E-state index contributed by atoms with van der Waals surface area (Å²) in [5.41, 5.74) is 0.797. The number of fused-ring (bicyclic) bond motifs is 1. The zero-order valence-electron chi connectivity index (χ0n) is 13.7. The molecule has 2 amide bonds. The van der Waals surface area contributed by atoms with E-state index < -0.39 is 15.1 Å². The molecule has 2 unspecified atom stereocenters. The number of nitrogens with one attached hydrogen (secondary N) is 1. The number of nitrogens with zero attached hydrogens (tertiary/aromatic N) is 2. The van der Waals surface area contributed by atoms with Crippen molar-refractivity contribution >= 4 is 27.2 Å². The summed E-state index contributed by atoms with van der Waals surface area (Å²) in [5, 5.41) is 5.26. The normalized spacial score (nSPS) is 26.0. The molecule has 1 aromatic heterocycles. The van der Waals surface area contributed by atoms with Gasteiger partial charge in [-0.15, -0.1) is 11.3 Å². The predicted octanol–water partition coefficient (Wildman–Crippen LogP) is 1.54. The molecule has 24 heavy (non-hydrogen) atoms. The van der Waals surface area contributed by atoms with Crippen molar-refractivity contribution < 1.29 is 17.9 Å². The van der Waals surface area contributed by atoms with Gasteiger partial charge in [0.05, 0.1) is 35.9 Å². The highest BCUT2D eigenvalue weighted by Gasteiger charge is 2.44. The van der Waals surface area contributed by atoms with Crippen LogP contribution in [0, 0.1) is 0 Å². The molecular formula is C15H23N3O4S2. The van der Waals surface area contributed by atoms with Crippen LogP contribution in [0.25, 0.3) is 0 Å². The van der Waals surface area contributed by atoms with Crippen molar-refractivity contribution in [3.05, 3.63) is 16.1 Å². The Bertz CT molecular complexity index is 689. The van der Waals surface area contributed by atoms with Crippen LogP contribution in [0.4, 0.5) is 4.79 Å². The van der Waals surface area contributed by atoms with Crippen molar-refractivity contribution in [2.75, 3.05) is 19.4 Å². The first-order valence-corrected chi connectivity index (χ1v) is 10.8. The monoisotopic (exact) mass is 373 g/mol. The summed E-state index contributed by atoms with van der Waals surface area (Å²) in [6, 6.07) is -0.375. The zero-order valence-corrected chi connectivity index (χ0v) is 15.4. The SMILES string of the molecule is COCc1nc(CNC(=O)N2CCS(=O)(=O)C3CCCCC32)cs1. The second-order valence-electron chi connectivity index (χ2n) is 6.27. The first kappa shape index (κ1) is 17.6. The van der Waals surface area contributed by atoms with Gasteiger partial charge in [0.15, 0.2) is 9.84 Å². The summed E-state index contributed by atoms with van der Waals surface area (Å²) in [5.74, 6) is 0.0657. The highest BCUT2D eigenvalue weighted by molar-refractivity contribution is 7.92. The Labute approximate surface area is 146 Å². The molecule has 7 nitrogen and oxygen atoms in total. The van der Waals surface area contributed by atoms with E-state index in [0.29, 0.717) is 19.6 Å². The number of rotatable bonds is 4. The molecule has 0 bridgehead atoms. The average molecular weight is 374 g/mol. The number of amides is 2. The van der Waals surface area contributed by atoms with Gasteiger partial charge < -0.3 is 15.0 Å². The van der Waals surface area contributed by atoms with Crippen molar-refractivity contribution in [2.24, 2.45) is 0 Å². The molecule has 1 aliphatic heterocycles. The van der Waals surface area contributed by atoms with Gasteiger partial charge in [0, 0.05) is 19.0 Å². The largest absolute Gasteiger partial charge is 0.378 e. The third-order valence-electron chi connectivity index (χ3n) is 4.69. The smallest absolute Gasteiger partial charge is 0.318 e. The molecule has 2 aliphatic rings. The minimum atomic E-state index is -3.07. The van der Waals surface area contributed by atoms with Crippen molar-refractivity contribution in [3.63, 3.8) is 0 Å². The molecule has 9 heteroatoms. The molecule has 2 heterocycles. The molecule has 1 N–H and O–H groups in total. The van der Waals surface area contributed by atoms with Gasteiger partial charge in [-0.2, -0.15) is 0 Å². The quantitative estimate of drug-likeness (QED) is 0.865. The van der Waals surface area contributed by atoms with E-state index in [-0.39, 0.29) is 24.4 Å². The number of carbonyl (C=O) groups excluding carboxylic acids is 1. The number of thiazole rings is 1. The molecular weight excluding hydrogens is 350 g/mol. The molecule has 1 saturated carbocycles. The van der Waals surface area contributed by atoms with Gasteiger partial charge >= 0.3 is 6.03 Å². The summed E-state index contributed by atoms with van der Waals surface area (Å²) in [7, 11) is -1.45. The summed E-state index contributed by atoms with van der Waals surface area (Å²) >= 11 is 1.50. The van der Waals surface area contributed by atoms with E-state index in [1.54, 1.807) is 12.0 Å². The van der Waals surface area contributed by atoms with Crippen LogP contribution >= 0.6 is 11.3 Å². The first-order valence-electron chi connectivity index (χ1n) is 8.19. The Hall–Kier alpha value is -1.19. The Balaban J connectivity index is 1.61. The van der Waals surface area contributed by atoms with Crippen molar-refractivity contribution in [2.45, 2.75) is 50.1 Å². The zero-order chi connectivity index (χ0) is 17.2. The van der Waals surface area contributed by atoms with Gasteiger partial charge in [-0.3, -0.25) is 0 Å². The maximum Gasteiger partial charge on any atom is 0.318 e. The summed E-state index contributed by atoms with van der Waals surface area (Å²) in [4.78, 5) is 18.6. The lowest BCUT2D eigenvalue weighted by Crippen LogP contribution is -2.59. The van der Waals surface area contributed by atoms with Crippen molar-refractivity contribution in [1.29, 1.82) is 0 Å². The molecule has 2 fully saturated rings. The van der Waals surface area contributed by atoms with E-state index in [0.717, 1.165) is 30.0 Å². The maximum atomic E-state index is 12.5. The third kappa shape index (κ3) is 3.73. The Kier molecular flexibility index (Phi) is 5.41. The van der Waals surface area contributed by atoms with Crippen LogP contribution in [0.2, 0.25) is 0 Å². The molecule has 0 spiro atoms. The fraction of sp³-hybridized carbons (Fsp3) is 0.733.